The fourth-order valence-electron chi connectivity index (χ4n) is 2.65. The molecule has 0 saturated heterocycles. The molecule has 0 aromatic carbocycles. The largest absolute Gasteiger partial charge is 0.392 e. The highest BCUT2D eigenvalue weighted by Crippen LogP contribution is 2.50. The van der Waals surface area contributed by atoms with Crippen LogP contribution < -0.4 is 0 Å². The van der Waals surface area contributed by atoms with E-state index < -0.39 is 5.60 Å². The van der Waals surface area contributed by atoms with Gasteiger partial charge in [-0.25, -0.2) is 0 Å². The maximum absolute atomic E-state index is 9.70. The second-order valence-electron chi connectivity index (χ2n) is 4.00. The summed E-state index contributed by atoms with van der Waals surface area (Å²) in [6, 6.07) is 0. The lowest BCUT2D eigenvalue weighted by atomic mass is 9.86. The van der Waals surface area contributed by atoms with E-state index in [0.29, 0.717) is 5.92 Å². The summed E-state index contributed by atoms with van der Waals surface area (Å²) < 4.78 is 0. The zero-order valence-corrected chi connectivity index (χ0v) is 6.25. The summed E-state index contributed by atoms with van der Waals surface area (Å²) >= 11 is 0. The Kier molecular flexibility index (Phi) is 1.15. The quantitative estimate of drug-likeness (QED) is 0.518. The third-order valence-corrected chi connectivity index (χ3v) is 3.22. The number of hydrogen-bond acceptors (Lipinski definition) is 2. The normalized spacial score (nSPS) is 59.7. The van der Waals surface area contributed by atoms with Crippen molar-refractivity contribution in [3.8, 4) is 0 Å². The summed E-state index contributed by atoms with van der Waals surface area (Å²) in [5.74, 6) is 0.553. The number of aliphatic hydroxyl groups is 2. The third kappa shape index (κ3) is 0.663. The summed E-state index contributed by atoms with van der Waals surface area (Å²) in [5.41, 5.74) is -0.567. The molecule has 2 bridgehead atoms. The van der Waals surface area contributed by atoms with E-state index in [4.69, 9.17) is 0 Å². The molecule has 0 aromatic rings. The van der Waals surface area contributed by atoms with Crippen molar-refractivity contribution in [1.29, 1.82) is 0 Å². The maximum Gasteiger partial charge on any atom is 0.0676 e. The molecule has 4 unspecified atom stereocenters. The number of hydrogen-bond donors (Lipinski definition) is 2. The molecule has 0 amide bonds. The zero-order chi connectivity index (χ0) is 7.35. The van der Waals surface area contributed by atoms with Crippen LogP contribution >= 0.6 is 0 Å². The minimum Gasteiger partial charge on any atom is -0.392 e. The first kappa shape index (κ1) is 6.62. The fraction of sp³-hybridized carbons (Fsp3) is 1.00. The predicted octanol–water partition coefficient (Wildman–Crippen LogP) is 0.528. The lowest BCUT2D eigenvalue weighted by Gasteiger charge is -2.27. The summed E-state index contributed by atoms with van der Waals surface area (Å²) in [5, 5.41) is 19.2. The van der Waals surface area contributed by atoms with Crippen molar-refractivity contribution in [1.82, 2.24) is 0 Å². The summed E-state index contributed by atoms with van der Waals surface area (Å²) in [6.45, 7) is 1.85. The van der Waals surface area contributed by atoms with E-state index in [9.17, 15) is 10.2 Å². The Hall–Kier alpha value is -0.0800. The molecule has 0 radical (unpaired) electrons. The number of aliphatic hydroxyl groups excluding tert-OH is 1. The Morgan fingerprint density at radius 3 is 2.30 bits per heavy atom. The first-order chi connectivity index (χ1) is 4.61. The monoisotopic (exact) mass is 142 g/mol. The Morgan fingerprint density at radius 1 is 1.40 bits per heavy atom. The second-order valence-corrected chi connectivity index (χ2v) is 4.00. The van der Waals surface area contributed by atoms with Crippen LogP contribution in [-0.4, -0.2) is 21.9 Å². The van der Waals surface area contributed by atoms with Crippen molar-refractivity contribution < 1.29 is 10.2 Å². The van der Waals surface area contributed by atoms with Crippen LogP contribution in [0.15, 0.2) is 0 Å². The average molecular weight is 142 g/mol. The zero-order valence-electron chi connectivity index (χ0n) is 6.25. The number of rotatable bonds is 0. The Bertz CT molecular complexity index is 153. The molecule has 58 valence electrons. The van der Waals surface area contributed by atoms with Crippen LogP contribution in [0.25, 0.3) is 0 Å². The van der Waals surface area contributed by atoms with Crippen LogP contribution in [-0.2, 0) is 0 Å². The number of fused-ring (bicyclic) bond motifs is 2. The van der Waals surface area contributed by atoms with Crippen molar-refractivity contribution >= 4 is 0 Å². The van der Waals surface area contributed by atoms with Gasteiger partial charge in [-0.2, -0.15) is 0 Å². The highest BCUT2D eigenvalue weighted by Gasteiger charge is 2.53. The van der Waals surface area contributed by atoms with Crippen molar-refractivity contribution in [3.05, 3.63) is 0 Å². The average Bonchev–Trinajstić information content (AvgIpc) is 2.21. The van der Waals surface area contributed by atoms with Gasteiger partial charge in [0, 0.05) is 5.92 Å². The summed E-state index contributed by atoms with van der Waals surface area (Å²) in [6.07, 6.45) is 2.72. The van der Waals surface area contributed by atoms with Gasteiger partial charge in [0.05, 0.1) is 11.7 Å². The summed E-state index contributed by atoms with van der Waals surface area (Å²) in [7, 11) is 0. The molecule has 0 aliphatic heterocycles. The Morgan fingerprint density at radius 2 is 2.10 bits per heavy atom. The van der Waals surface area contributed by atoms with E-state index in [1.807, 2.05) is 6.92 Å². The molecular weight excluding hydrogens is 128 g/mol. The Labute approximate surface area is 60.9 Å². The van der Waals surface area contributed by atoms with Gasteiger partial charge in [-0.05, 0) is 32.1 Å². The molecule has 10 heavy (non-hydrogen) atoms. The van der Waals surface area contributed by atoms with Crippen LogP contribution in [0.4, 0.5) is 0 Å². The molecule has 2 heteroatoms. The molecule has 2 nitrogen and oxygen atoms in total. The minimum absolute atomic E-state index is 0.164. The molecule has 0 aromatic heterocycles. The molecule has 0 heterocycles. The molecule has 2 aliphatic carbocycles. The molecule has 2 aliphatic rings. The van der Waals surface area contributed by atoms with E-state index >= 15 is 0 Å². The van der Waals surface area contributed by atoms with Crippen LogP contribution in [0.1, 0.15) is 26.2 Å². The van der Waals surface area contributed by atoms with Crippen molar-refractivity contribution in [2.24, 2.45) is 11.8 Å². The van der Waals surface area contributed by atoms with Gasteiger partial charge in [-0.15, -0.1) is 0 Å². The first-order valence-electron chi connectivity index (χ1n) is 4.02. The van der Waals surface area contributed by atoms with E-state index in [1.165, 1.54) is 0 Å². The highest BCUT2D eigenvalue weighted by molar-refractivity contribution is 5.04. The molecule has 4 atom stereocenters. The van der Waals surface area contributed by atoms with Gasteiger partial charge in [-0.1, -0.05) is 0 Å². The Balaban J connectivity index is 2.24. The van der Waals surface area contributed by atoms with Crippen molar-refractivity contribution in [3.63, 3.8) is 0 Å². The van der Waals surface area contributed by atoms with E-state index in [1.54, 1.807) is 0 Å². The molecule has 2 saturated carbocycles. The molecule has 2 N–H and O–H groups in total. The third-order valence-electron chi connectivity index (χ3n) is 3.22. The second kappa shape index (κ2) is 1.74. The minimum atomic E-state index is -0.567. The van der Waals surface area contributed by atoms with Crippen molar-refractivity contribution in [2.75, 3.05) is 0 Å². The molecule has 0 spiro atoms. The molecule has 2 fully saturated rings. The highest BCUT2D eigenvalue weighted by atomic mass is 16.3. The molecule has 2 rings (SSSR count). The fourth-order valence-corrected chi connectivity index (χ4v) is 2.65. The lowest BCUT2D eigenvalue weighted by molar-refractivity contribution is -0.0121. The van der Waals surface area contributed by atoms with E-state index in [-0.39, 0.29) is 12.0 Å². The van der Waals surface area contributed by atoms with E-state index in [2.05, 4.69) is 0 Å². The summed E-state index contributed by atoms with van der Waals surface area (Å²) in [4.78, 5) is 0. The van der Waals surface area contributed by atoms with Gasteiger partial charge in [0.1, 0.15) is 0 Å². The van der Waals surface area contributed by atoms with Crippen molar-refractivity contribution in [2.45, 2.75) is 37.9 Å². The first-order valence-corrected chi connectivity index (χ1v) is 4.02. The van der Waals surface area contributed by atoms with Crippen LogP contribution in [0.2, 0.25) is 0 Å². The van der Waals surface area contributed by atoms with Gasteiger partial charge in [0.15, 0.2) is 0 Å². The standard InChI is InChI=1S/C8H14O2/c1-8(10)4-5-2-3-6(8)7(5)9/h5-7,9-10H,2-4H2,1H3. The van der Waals surface area contributed by atoms with Gasteiger partial charge in [0.2, 0.25) is 0 Å². The van der Waals surface area contributed by atoms with Crippen LogP contribution in [0.5, 0.6) is 0 Å². The SMILES string of the molecule is CC1(O)CC2CCC1C2O. The van der Waals surface area contributed by atoms with Gasteiger partial charge in [-0.3, -0.25) is 0 Å². The van der Waals surface area contributed by atoms with Gasteiger partial charge >= 0.3 is 0 Å². The topological polar surface area (TPSA) is 40.5 Å². The lowest BCUT2D eigenvalue weighted by Crippen LogP contribution is -2.32. The van der Waals surface area contributed by atoms with Gasteiger partial charge < -0.3 is 10.2 Å². The van der Waals surface area contributed by atoms with E-state index in [0.717, 1.165) is 19.3 Å². The maximum atomic E-state index is 9.70. The van der Waals surface area contributed by atoms with Crippen LogP contribution in [0.3, 0.4) is 0 Å². The van der Waals surface area contributed by atoms with Crippen LogP contribution in [0, 0.1) is 11.8 Å². The smallest absolute Gasteiger partial charge is 0.0676 e. The van der Waals surface area contributed by atoms with Gasteiger partial charge in [0.25, 0.3) is 0 Å². The molecular formula is C8H14O2. The predicted molar refractivity (Wildman–Crippen MR) is 37.5 cm³/mol.